The van der Waals surface area contributed by atoms with Crippen molar-refractivity contribution in [2.45, 2.75) is 13.0 Å². The van der Waals surface area contributed by atoms with E-state index in [4.69, 9.17) is 14.2 Å². The van der Waals surface area contributed by atoms with Crippen molar-refractivity contribution in [3.05, 3.63) is 53.9 Å². The Bertz CT molecular complexity index is 931. The third-order valence-electron chi connectivity index (χ3n) is 4.45. The molecule has 8 heteroatoms. The van der Waals surface area contributed by atoms with Gasteiger partial charge < -0.3 is 24.0 Å². The van der Waals surface area contributed by atoms with Gasteiger partial charge in [-0.2, -0.15) is 0 Å². The highest BCUT2D eigenvalue weighted by Gasteiger charge is 2.31. The number of carbonyl (C=O) groups excluding carboxylic acids is 3. The SMILES string of the molecule is COC(=O)C1=C(C(=O)OC)N(c2ccc3c(c2)N(C)C(=O)C(C)O3)C=CC=C1. The molecule has 1 atom stereocenters. The predicted octanol–water partition coefficient (Wildman–Crippen LogP) is 1.92. The molecule has 1 aromatic rings. The summed E-state index contributed by atoms with van der Waals surface area (Å²) < 4.78 is 15.3. The molecule has 0 saturated heterocycles. The summed E-state index contributed by atoms with van der Waals surface area (Å²) in [6, 6.07) is 5.14. The van der Waals surface area contributed by atoms with Crippen LogP contribution in [-0.4, -0.2) is 45.2 Å². The van der Waals surface area contributed by atoms with Crippen LogP contribution >= 0.6 is 0 Å². The topological polar surface area (TPSA) is 85.4 Å². The summed E-state index contributed by atoms with van der Waals surface area (Å²) in [5.41, 5.74) is 1.14. The zero-order valence-electron chi connectivity index (χ0n) is 16.0. The maximum absolute atomic E-state index is 12.5. The average molecular weight is 384 g/mol. The highest BCUT2D eigenvalue weighted by atomic mass is 16.5. The maximum Gasteiger partial charge on any atom is 0.355 e. The van der Waals surface area contributed by atoms with Crippen LogP contribution in [0.15, 0.2) is 53.9 Å². The molecule has 146 valence electrons. The second-order valence-electron chi connectivity index (χ2n) is 6.13. The van der Waals surface area contributed by atoms with E-state index in [2.05, 4.69) is 0 Å². The first kappa shape index (κ1) is 19.2. The van der Waals surface area contributed by atoms with Gasteiger partial charge in [-0.3, -0.25) is 4.79 Å². The summed E-state index contributed by atoms with van der Waals surface area (Å²) in [7, 11) is 4.12. The molecule has 3 rings (SSSR count). The fourth-order valence-electron chi connectivity index (χ4n) is 3.02. The Morgan fingerprint density at radius 3 is 2.50 bits per heavy atom. The van der Waals surface area contributed by atoms with Crippen LogP contribution in [0.25, 0.3) is 0 Å². The van der Waals surface area contributed by atoms with Gasteiger partial charge in [0.25, 0.3) is 5.91 Å². The van der Waals surface area contributed by atoms with E-state index in [1.807, 2.05) is 0 Å². The monoisotopic (exact) mass is 384 g/mol. The van der Waals surface area contributed by atoms with Crippen molar-refractivity contribution in [2.24, 2.45) is 0 Å². The minimum Gasteiger partial charge on any atom is -0.479 e. The highest BCUT2D eigenvalue weighted by molar-refractivity contribution is 6.06. The molecule has 0 fully saturated rings. The fraction of sp³-hybridized carbons (Fsp3) is 0.250. The molecule has 0 spiro atoms. The van der Waals surface area contributed by atoms with Gasteiger partial charge in [-0.05, 0) is 37.3 Å². The van der Waals surface area contributed by atoms with Gasteiger partial charge in [0, 0.05) is 18.9 Å². The van der Waals surface area contributed by atoms with Gasteiger partial charge in [0.05, 0.1) is 25.5 Å². The van der Waals surface area contributed by atoms with Gasteiger partial charge in [0.15, 0.2) is 6.10 Å². The lowest BCUT2D eigenvalue weighted by Crippen LogP contribution is -2.42. The first-order chi connectivity index (χ1) is 13.4. The molecule has 2 aliphatic heterocycles. The number of fused-ring (bicyclic) bond motifs is 1. The third-order valence-corrected chi connectivity index (χ3v) is 4.45. The van der Waals surface area contributed by atoms with Crippen LogP contribution in [0.3, 0.4) is 0 Å². The van der Waals surface area contributed by atoms with E-state index in [0.717, 1.165) is 0 Å². The van der Waals surface area contributed by atoms with E-state index in [0.29, 0.717) is 17.1 Å². The minimum atomic E-state index is -0.705. The number of methoxy groups -OCH3 is 2. The number of hydrogen-bond donors (Lipinski definition) is 0. The maximum atomic E-state index is 12.5. The fourth-order valence-corrected chi connectivity index (χ4v) is 3.02. The first-order valence-electron chi connectivity index (χ1n) is 8.52. The standard InChI is InChI=1S/C20H20N2O6/c1-12-18(23)21(2)15-11-13(8-9-16(15)28-12)22-10-6-5-7-14(19(24)26-3)17(22)20(25)27-4/h5-12H,1-4H3. The Balaban J connectivity index is 2.15. The number of ether oxygens (including phenoxy) is 3. The molecule has 1 aromatic carbocycles. The first-order valence-corrected chi connectivity index (χ1v) is 8.52. The Labute approximate surface area is 162 Å². The zero-order chi connectivity index (χ0) is 20.4. The zero-order valence-corrected chi connectivity index (χ0v) is 16.0. The van der Waals surface area contributed by atoms with E-state index >= 15 is 0 Å². The predicted molar refractivity (Wildman–Crippen MR) is 102 cm³/mol. The summed E-state index contributed by atoms with van der Waals surface area (Å²) in [5.74, 6) is -1.01. The van der Waals surface area contributed by atoms with E-state index in [9.17, 15) is 14.4 Å². The van der Waals surface area contributed by atoms with Crippen LogP contribution in [0.1, 0.15) is 6.92 Å². The lowest BCUT2D eigenvalue weighted by Gasteiger charge is -2.32. The second kappa shape index (κ2) is 7.59. The summed E-state index contributed by atoms with van der Waals surface area (Å²) in [5, 5.41) is 0. The van der Waals surface area contributed by atoms with Crippen molar-refractivity contribution in [1.29, 1.82) is 0 Å². The molecule has 28 heavy (non-hydrogen) atoms. The molecule has 2 heterocycles. The minimum absolute atomic E-state index is 0.00150. The molecular formula is C20H20N2O6. The van der Waals surface area contributed by atoms with Crippen molar-refractivity contribution >= 4 is 29.2 Å². The van der Waals surface area contributed by atoms with Gasteiger partial charge in [0.1, 0.15) is 11.4 Å². The molecule has 0 N–H and O–H groups in total. The van der Waals surface area contributed by atoms with Crippen molar-refractivity contribution in [2.75, 3.05) is 31.1 Å². The lowest BCUT2D eigenvalue weighted by atomic mass is 10.1. The number of allylic oxidation sites excluding steroid dienone is 2. The number of rotatable bonds is 3. The average Bonchev–Trinajstić information content (AvgIpc) is 2.93. The van der Waals surface area contributed by atoms with Crippen molar-refractivity contribution in [3.8, 4) is 5.75 Å². The van der Waals surface area contributed by atoms with Crippen LogP contribution in [0.2, 0.25) is 0 Å². The van der Waals surface area contributed by atoms with Gasteiger partial charge in [-0.15, -0.1) is 0 Å². The van der Waals surface area contributed by atoms with Crippen molar-refractivity contribution in [1.82, 2.24) is 0 Å². The molecule has 0 saturated carbocycles. The number of likely N-dealkylation sites (N-methyl/N-ethyl adjacent to an activating group) is 1. The summed E-state index contributed by atoms with van der Waals surface area (Å²) in [6.45, 7) is 1.68. The van der Waals surface area contributed by atoms with E-state index in [1.165, 1.54) is 30.1 Å². The van der Waals surface area contributed by atoms with Crippen molar-refractivity contribution < 1.29 is 28.6 Å². The van der Waals surface area contributed by atoms with Gasteiger partial charge in [0.2, 0.25) is 0 Å². The quantitative estimate of drug-likeness (QED) is 0.736. The highest BCUT2D eigenvalue weighted by Crippen LogP contribution is 2.38. The number of nitrogens with zero attached hydrogens (tertiary/aromatic N) is 2. The largest absolute Gasteiger partial charge is 0.479 e. The number of amides is 1. The van der Waals surface area contributed by atoms with Crippen LogP contribution in [0, 0.1) is 0 Å². The second-order valence-corrected chi connectivity index (χ2v) is 6.13. The van der Waals surface area contributed by atoms with Crippen molar-refractivity contribution in [3.63, 3.8) is 0 Å². The summed E-state index contributed by atoms with van der Waals surface area (Å²) in [4.78, 5) is 40.0. The van der Waals surface area contributed by atoms with E-state index in [-0.39, 0.29) is 17.2 Å². The number of carbonyl (C=O) groups is 3. The Kier molecular flexibility index (Phi) is 5.21. The van der Waals surface area contributed by atoms with Crippen LogP contribution in [-0.2, 0) is 23.9 Å². The van der Waals surface area contributed by atoms with E-state index < -0.39 is 18.0 Å². The number of hydrogen-bond acceptors (Lipinski definition) is 7. The number of anilines is 2. The van der Waals surface area contributed by atoms with Gasteiger partial charge in [-0.25, -0.2) is 9.59 Å². The molecule has 0 radical (unpaired) electrons. The molecule has 8 nitrogen and oxygen atoms in total. The number of esters is 2. The summed E-state index contributed by atoms with van der Waals surface area (Å²) in [6.07, 6.45) is 5.81. The molecule has 0 bridgehead atoms. The van der Waals surface area contributed by atoms with Crippen LogP contribution in [0.5, 0.6) is 5.75 Å². The van der Waals surface area contributed by atoms with E-state index in [1.54, 1.807) is 50.5 Å². The number of benzene rings is 1. The molecule has 1 unspecified atom stereocenters. The Hall–Kier alpha value is -3.55. The summed E-state index contributed by atoms with van der Waals surface area (Å²) >= 11 is 0. The molecule has 1 amide bonds. The molecule has 2 aliphatic rings. The van der Waals surface area contributed by atoms with Crippen LogP contribution in [0.4, 0.5) is 11.4 Å². The Morgan fingerprint density at radius 1 is 1.11 bits per heavy atom. The Morgan fingerprint density at radius 2 is 1.82 bits per heavy atom. The third kappa shape index (κ3) is 3.24. The molecule has 0 aromatic heterocycles. The smallest absolute Gasteiger partial charge is 0.355 e. The molecule has 0 aliphatic carbocycles. The lowest BCUT2D eigenvalue weighted by molar-refractivity contribution is -0.139. The molecular weight excluding hydrogens is 364 g/mol. The normalized spacial score (nSPS) is 18.4. The van der Waals surface area contributed by atoms with Gasteiger partial charge in [-0.1, -0.05) is 6.08 Å². The van der Waals surface area contributed by atoms with Gasteiger partial charge >= 0.3 is 11.9 Å². The van der Waals surface area contributed by atoms with Crippen LogP contribution < -0.4 is 14.5 Å².